The molecule has 1 aromatic heterocycles. The molecule has 1 heterocycles. The molecular formula is C22H14Cl2N2O. The molecule has 132 valence electrons. The molecule has 4 rings (SSSR count). The second-order valence-electron chi connectivity index (χ2n) is 5.87. The lowest BCUT2D eigenvalue weighted by Gasteiger charge is -1.94. The lowest BCUT2D eigenvalue weighted by molar-refractivity contribution is 0.620. The number of hydrogen-bond acceptors (Lipinski definition) is 3. The van der Waals surface area contributed by atoms with Crippen molar-refractivity contribution in [1.29, 1.82) is 0 Å². The molecule has 0 aliphatic heterocycles. The average molecular weight is 393 g/mol. The maximum absolute atomic E-state index is 5.93. The van der Waals surface area contributed by atoms with Gasteiger partial charge in [-0.25, -0.2) is 4.98 Å². The Hall–Kier alpha value is -2.88. The van der Waals surface area contributed by atoms with Gasteiger partial charge in [0.25, 0.3) is 0 Å². The highest BCUT2D eigenvalue weighted by Gasteiger charge is 2.08. The van der Waals surface area contributed by atoms with Crippen LogP contribution in [0.2, 0.25) is 10.0 Å². The van der Waals surface area contributed by atoms with Crippen LogP contribution in [-0.4, -0.2) is 11.2 Å². The molecule has 0 aliphatic carbocycles. The summed E-state index contributed by atoms with van der Waals surface area (Å²) in [7, 11) is 0. The maximum Gasteiger partial charge on any atom is 0.227 e. The summed E-state index contributed by atoms with van der Waals surface area (Å²) in [6.07, 6.45) is 5.60. The lowest BCUT2D eigenvalue weighted by Crippen LogP contribution is -1.76. The van der Waals surface area contributed by atoms with Gasteiger partial charge in [-0.3, -0.25) is 4.99 Å². The molecule has 0 N–H and O–H groups in total. The number of fused-ring (bicyclic) bond motifs is 1. The predicted molar refractivity (Wildman–Crippen MR) is 113 cm³/mol. The minimum atomic E-state index is 0.561. The van der Waals surface area contributed by atoms with Crippen LogP contribution in [0.4, 0.5) is 5.69 Å². The number of benzene rings is 3. The van der Waals surface area contributed by atoms with Gasteiger partial charge in [0.1, 0.15) is 5.52 Å². The smallest absolute Gasteiger partial charge is 0.227 e. The quantitative estimate of drug-likeness (QED) is 0.343. The van der Waals surface area contributed by atoms with Gasteiger partial charge in [-0.15, -0.1) is 0 Å². The molecule has 4 aromatic rings. The first-order valence-corrected chi connectivity index (χ1v) is 9.06. The van der Waals surface area contributed by atoms with Crippen LogP contribution in [0.15, 0.2) is 82.2 Å². The average Bonchev–Trinajstić information content (AvgIpc) is 3.10. The molecule has 0 radical (unpaired) electrons. The topological polar surface area (TPSA) is 38.4 Å². The Morgan fingerprint density at radius 1 is 0.852 bits per heavy atom. The van der Waals surface area contributed by atoms with Crippen LogP contribution in [0.3, 0.4) is 0 Å². The second kappa shape index (κ2) is 7.78. The molecule has 27 heavy (non-hydrogen) atoms. The van der Waals surface area contributed by atoms with E-state index in [0.717, 1.165) is 32.9 Å². The highest BCUT2D eigenvalue weighted by atomic mass is 35.5. The van der Waals surface area contributed by atoms with Gasteiger partial charge in [-0.2, -0.15) is 0 Å². The van der Waals surface area contributed by atoms with Crippen molar-refractivity contribution in [2.75, 3.05) is 0 Å². The molecule has 0 saturated heterocycles. The first kappa shape index (κ1) is 17.5. The van der Waals surface area contributed by atoms with Crippen molar-refractivity contribution < 1.29 is 4.42 Å². The second-order valence-corrected chi connectivity index (χ2v) is 6.74. The van der Waals surface area contributed by atoms with E-state index in [1.54, 1.807) is 6.21 Å². The van der Waals surface area contributed by atoms with Gasteiger partial charge < -0.3 is 4.42 Å². The number of nitrogens with zero attached hydrogens (tertiary/aromatic N) is 2. The molecule has 0 atom stereocenters. The summed E-state index contributed by atoms with van der Waals surface area (Å²) in [5.41, 5.74) is 4.23. The maximum atomic E-state index is 5.93. The number of oxazole rings is 1. The standard InChI is InChI=1S/C22H14Cl2N2O/c23-17-7-3-15(4-8-17)2-1-13-25-19-11-12-21-20(14-19)26-22(27-21)16-5-9-18(24)10-6-16/h1-14H/b2-1+,25-13?. The third-order valence-corrected chi connectivity index (χ3v) is 4.43. The van der Waals surface area contributed by atoms with Crippen LogP contribution in [0.5, 0.6) is 0 Å². The number of hydrogen-bond donors (Lipinski definition) is 0. The number of aromatic nitrogens is 1. The fourth-order valence-corrected chi connectivity index (χ4v) is 2.82. The van der Waals surface area contributed by atoms with Crippen LogP contribution in [0, 0.1) is 0 Å². The summed E-state index contributed by atoms with van der Waals surface area (Å²) in [5.74, 6) is 0.561. The zero-order chi connectivity index (χ0) is 18.6. The fourth-order valence-electron chi connectivity index (χ4n) is 2.57. The molecular weight excluding hydrogens is 379 g/mol. The fraction of sp³-hybridized carbons (Fsp3) is 0. The van der Waals surface area contributed by atoms with E-state index in [0.29, 0.717) is 10.9 Å². The van der Waals surface area contributed by atoms with Crippen molar-refractivity contribution in [1.82, 2.24) is 4.98 Å². The number of allylic oxidation sites excluding steroid dienone is 1. The minimum Gasteiger partial charge on any atom is -0.436 e. The summed E-state index contributed by atoms with van der Waals surface area (Å²) < 4.78 is 5.81. The summed E-state index contributed by atoms with van der Waals surface area (Å²) in [6, 6.07) is 20.7. The molecule has 0 unspecified atom stereocenters. The van der Waals surface area contributed by atoms with Gasteiger partial charge >= 0.3 is 0 Å². The van der Waals surface area contributed by atoms with Gasteiger partial charge in [-0.05, 0) is 66.2 Å². The van der Waals surface area contributed by atoms with E-state index in [4.69, 9.17) is 27.6 Å². The van der Waals surface area contributed by atoms with Gasteiger partial charge in [-0.1, -0.05) is 41.4 Å². The lowest BCUT2D eigenvalue weighted by atomic mass is 10.2. The van der Waals surface area contributed by atoms with Gasteiger partial charge in [0.15, 0.2) is 5.58 Å². The van der Waals surface area contributed by atoms with Crippen LogP contribution in [-0.2, 0) is 0 Å². The summed E-state index contributed by atoms with van der Waals surface area (Å²) in [5, 5.41) is 1.40. The Morgan fingerprint density at radius 3 is 2.30 bits per heavy atom. The normalized spacial score (nSPS) is 11.8. The zero-order valence-corrected chi connectivity index (χ0v) is 15.7. The molecule has 5 heteroatoms. The van der Waals surface area contributed by atoms with Crippen molar-refractivity contribution in [2.45, 2.75) is 0 Å². The summed E-state index contributed by atoms with van der Waals surface area (Å²) in [4.78, 5) is 8.99. The highest BCUT2D eigenvalue weighted by molar-refractivity contribution is 6.30. The van der Waals surface area contributed by atoms with Gasteiger partial charge in [0.2, 0.25) is 5.89 Å². The Balaban J connectivity index is 1.52. The monoisotopic (exact) mass is 392 g/mol. The van der Waals surface area contributed by atoms with Crippen molar-refractivity contribution in [3.8, 4) is 11.5 Å². The van der Waals surface area contributed by atoms with Crippen LogP contribution < -0.4 is 0 Å². The van der Waals surface area contributed by atoms with E-state index in [-0.39, 0.29) is 0 Å². The molecule has 3 nitrogen and oxygen atoms in total. The van der Waals surface area contributed by atoms with Gasteiger partial charge in [0, 0.05) is 21.8 Å². The summed E-state index contributed by atoms with van der Waals surface area (Å²) in [6.45, 7) is 0. The van der Waals surface area contributed by atoms with E-state index in [9.17, 15) is 0 Å². The first-order valence-electron chi connectivity index (χ1n) is 8.30. The molecule has 0 fully saturated rings. The molecule has 0 spiro atoms. The van der Waals surface area contributed by atoms with Crippen molar-refractivity contribution in [3.05, 3.63) is 88.4 Å². The SMILES string of the molecule is Clc1ccc(/C=C/C=Nc2ccc3oc(-c4ccc(Cl)cc4)nc3c2)cc1. The highest BCUT2D eigenvalue weighted by Crippen LogP contribution is 2.27. The van der Waals surface area contributed by atoms with Crippen molar-refractivity contribution >= 4 is 52.3 Å². The van der Waals surface area contributed by atoms with E-state index in [1.807, 2.05) is 78.9 Å². The Morgan fingerprint density at radius 2 is 1.56 bits per heavy atom. The van der Waals surface area contributed by atoms with Crippen LogP contribution in [0.1, 0.15) is 5.56 Å². The van der Waals surface area contributed by atoms with Crippen LogP contribution in [0.25, 0.3) is 28.6 Å². The molecule has 0 saturated carbocycles. The Bertz CT molecular complexity index is 1130. The Labute approximate surface area is 166 Å². The van der Waals surface area contributed by atoms with E-state index in [2.05, 4.69) is 9.98 Å². The zero-order valence-electron chi connectivity index (χ0n) is 14.1. The van der Waals surface area contributed by atoms with Crippen molar-refractivity contribution in [2.24, 2.45) is 4.99 Å². The third-order valence-electron chi connectivity index (χ3n) is 3.93. The number of aliphatic imine (C=N–C) groups is 1. The van der Waals surface area contributed by atoms with E-state index in [1.165, 1.54) is 0 Å². The van der Waals surface area contributed by atoms with E-state index < -0.39 is 0 Å². The number of rotatable bonds is 4. The first-order chi connectivity index (χ1) is 13.2. The Kier molecular flexibility index (Phi) is 5.05. The molecule has 3 aromatic carbocycles. The summed E-state index contributed by atoms with van der Waals surface area (Å²) >= 11 is 11.8. The van der Waals surface area contributed by atoms with E-state index >= 15 is 0 Å². The molecule has 0 bridgehead atoms. The van der Waals surface area contributed by atoms with Crippen molar-refractivity contribution in [3.63, 3.8) is 0 Å². The minimum absolute atomic E-state index is 0.561. The number of halogens is 2. The van der Waals surface area contributed by atoms with Crippen LogP contribution >= 0.6 is 23.2 Å². The molecule has 0 aliphatic rings. The van der Waals surface area contributed by atoms with Gasteiger partial charge in [0.05, 0.1) is 5.69 Å². The third kappa shape index (κ3) is 4.27. The molecule has 0 amide bonds. The largest absolute Gasteiger partial charge is 0.436 e. The predicted octanol–water partition coefficient (Wildman–Crippen LogP) is 7.22.